The molecule has 23 heavy (non-hydrogen) atoms. The Morgan fingerprint density at radius 3 is 2.70 bits per heavy atom. The Hall–Kier alpha value is -1.15. The van der Waals surface area contributed by atoms with E-state index < -0.39 is 29.1 Å². The third-order valence-corrected chi connectivity index (χ3v) is 5.33. The first kappa shape index (κ1) is 18.2. The van der Waals surface area contributed by atoms with Gasteiger partial charge in [-0.1, -0.05) is 6.92 Å². The molecule has 2 atom stereocenters. The molecule has 8 heteroatoms. The van der Waals surface area contributed by atoms with Crippen LogP contribution in [-0.2, 0) is 10.4 Å². The van der Waals surface area contributed by atoms with Gasteiger partial charge in [0.05, 0.1) is 6.42 Å². The molecule has 0 bridgehead atoms. The lowest BCUT2D eigenvalue weighted by molar-refractivity contribution is -0.268. The molecule has 1 aromatic heterocycles. The average Bonchev–Trinajstić information content (AvgIpc) is 2.76. The highest BCUT2D eigenvalue weighted by Gasteiger charge is 2.58. The van der Waals surface area contributed by atoms with E-state index in [1.54, 1.807) is 6.92 Å². The van der Waals surface area contributed by atoms with Crippen molar-refractivity contribution >= 4 is 17.2 Å². The molecule has 0 aromatic carbocycles. The van der Waals surface area contributed by atoms with Gasteiger partial charge < -0.3 is 10.0 Å². The van der Waals surface area contributed by atoms with Gasteiger partial charge in [0.25, 0.3) is 0 Å². The van der Waals surface area contributed by atoms with Gasteiger partial charge >= 0.3 is 6.18 Å². The van der Waals surface area contributed by atoms with Crippen LogP contribution >= 0.6 is 11.3 Å². The zero-order valence-electron chi connectivity index (χ0n) is 13.2. The smallest absolute Gasteiger partial charge is 0.374 e. The van der Waals surface area contributed by atoms with Crippen LogP contribution in [0.25, 0.3) is 0 Å². The average molecular weight is 350 g/mol. The summed E-state index contributed by atoms with van der Waals surface area (Å²) in [6.07, 6.45) is -3.47. The predicted octanol–water partition coefficient (Wildman–Crippen LogP) is 3.24. The summed E-state index contributed by atoms with van der Waals surface area (Å²) in [7, 11) is 0. The molecular weight excluding hydrogens is 329 g/mol. The fourth-order valence-corrected chi connectivity index (χ4v) is 3.60. The highest BCUT2D eigenvalue weighted by atomic mass is 32.1. The van der Waals surface area contributed by atoms with E-state index in [9.17, 15) is 23.1 Å². The second-order valence-corrected chi connectivity index (χ2v) is 7.10. The number of aliphatic hydroxyl groups is 1. The Bertz CT molecular complexity index is 561. The van der Waals surface area contributed by atoms with E-state index in [1.807, 2.05) is 0 Å². The van der Waals surface area contributed by atoms with Crippen LogP contribution in [0.5, 0.6) is 0 Å². The Morgan fingerprint density at radius 1 is 1.43 bits per heavy atom. The normalized spacial score (nSPS) is 22.5. The number of halogens is 3. The highest BCUT2D eigenvalue weighted by molar-refractivity contribution is 7.09. The molecule has 4 nitrogen and oxygen atoms in total. The Labute approximate surface area is 137 Å². The summed E-state index contributed by atoms with van der Waals surface area (Å²) < 4.78 is 40.2. The predicted molar refractivity (Wildman–Crippen MR) is 81.0 cm³/mol. The lowest BCUT2D eigenvalue weighted by Crippen LogP contribution is -2.47. The summed E-state index contributed by atoms with van der Waals surface area (Å²) in [5.74, 6) is -0.220. The number of likely N-dealkylation sites (tertiary alicyclic amines) is 1. The summed E-state index contributed by atoms with van der Waals surface area (Å²) in [5.41, 5.74) is -2.83. The number of nitrogens with zero attached hydrogens (tertiary/aromatic N) is 2. The van der Waals surface area contributed by atoms with E-state index >= 15 is 0 Å². The third kappa shape index (κ3) is 4.03. The van der Waals surface area contributed by atoms with E-state index in [1.165, 1.54) is 10.3 Å². The molecule has 1 amide bonds. The molecule has 2 heterocycles. The zero-order valence-corrected chi connectivity index (χ0v) is 14.0. The molecule has 0 aliphatic carbocycles. The topological polar surface area (TPSA) is 53.4 Å². The molecule has 0 saturated carbocycles. The molecule has 1 aliphatic rings. The van der Waals surface area contributed by atoms with Crippen LogP contribution in [0.15, 0.2) is 5.38 Å². The molecule has 1 aliphatic heterocycles. The van der Waals surface area contributed by atoms with Gasteiger partial charge in [-0.15, -0.1) is 11.3 Å². The fraction of sp³-hybridized carbons (Fsp3) is 0.733. The quantitative estimate of drug-likeness (QED) is 0.910. The molecule has 2 rings (SSSR count). The van der Waals surface area contributed by atoms with E-state index in [2.05, 4.69) is 11.9 Å². The van der Waals surface area contributed by atoms with E-state index in [-0.39, 0.29) is 0 Å². The minimum absolute atomic E-state index is 0.392. The van der Waals surface area contributed by atoms with Crippen LogP contribution < -0.4 is 0 Å². The standard InChI is InChI=1S/C15H21F3N2O2S/c1-10-4-3-6-20(7-5-10)12(21)8-14(22,15(16,17)18)13-19-11(2)9-23-13/h9-10,22H,3-8H2,1-2H3/t10-,14+/m0/s1. The number of carbonyl (C=O) groups is 1. The summed E-state index contributed by atoms with van der Waals surface area (Å²) in [5, 5.41) is 11.2. The highest BCUT2D eigenvalue weighted by Crippen LogP contribution is 2.43. The van der Waals surface area contributed by atoms with Gasteiger partial charge in [0, 0.05) is 24.2 Å². The second-order valence-electron chi connectivity index (χ2n) is 6.25. The van der Waals surface area contributed by atoms with Crippen molar-refractivity contribution in [2.45, 2.75) is 51.3 Å². The van der Waals surface area contributed by atoms with Gasteiger partial charge in [-0.05, 0) is 32.1 Å². The fourth-order valence-electron chi connectivity index (χ4n) is 2.68. The number of hydrogen-bond donors (Lipinski definition) is 1. The zero-order chi connectivity index (χ0) is 17.3. The third-order valence-electron chi connectivity index (χ3n) is 4.22. The van der Waals surface area contributed by atoms with E-state index in [0.717, 1.165) is 30.6 Å². The Balaban J connectivity index is 2.19. The number of aromatic nitrogens is 1. The maximum absolute atomic E-state index is 13.4. The van der Waals surface area contributed by atoms with Crippen molar-refractivity contribution in [1.29, 1.82) is 0 Å². The van der Waals surface area contributed by atoms with E-state index in [4.69, 9.17) is 0 Å². The SMILES string of the molecule is Cc1csc([C@](O)(CC(=O)N2CCC[C@H](C)CC2)C(F)(F)F)n1. The molecule has 0 radical (unpaired) electrons. The van der Waals surface area contributed by atoms with Crippen molar-refractivity contribution in [2.24, 2.45) is 5.92 Å². The lowest BCUT2D eigenvalue weighted by Gasteiger charge is -2.30. The number of alkyl halides is 3. The van der Waals surface area contributed by atoms with Crippen LogP contribution in [-0.4, -0.2) is 40.2 Å². The molecule has 1 N–H and O–H groups in total. The number of amides is 1. The lowest BCUT2D eigenvalue weighted by atomic mass is 9.98. The number of thiazole rings is 1. The van der Waals surface area contributed by atoms with Gasteiger partial charge in [0.1, 0.15) is 5.01 Å². The van der Waals surface area contributed by atoms with Gasteiger partial charge in [0.15, 0.2) is 0 Å². The van der Waals surface area contributed by atoms with Gasteiger partial charge in [0.2, 0.25) is 11.5 Å². The van der Waals surface area contributed by atoms with Crippen molar-refractivity contribution in [1.82, 2.24) is 9.88 Å². The molecule has 1 aromatic rings. The minimum atomic E-state index is -4.95. The van der Waals surface area contributed by atoms with E-state index in [0.29, 0.717) is 24.7 Å². The van der Waals surface area contributed by atoms with Gasteiger partial charge in [-0.3, -0.25) is 4.79 Å². The van der Waals surface area contributed by atoms with Crippen molar-refractivity contribution in [2.75, 3.05) is 13.1 Å². The van der Waals surface area contributed by atoms with Crippen LogP contribution in [0, 0.1) is 12.8 Å². The summed E-state index contributed by atoms with van der Waals surface area (Å²) in [4.78, 5) is 17.5. The Morgan fingerprint density at radius 2 is 2.13 bits per heavy atom. The van der Waals surface area contributed by atoms with Crippen LogP contribution in [0.4, 0.5) is 13.2 Å². The monoisotopic (exact) mass is 350 g/mol. The van der Waals surface area contributed by atoms with Crippen LogP contribution in [0.2, 0.25) is 0 Å². The molecular formula is C15H21F3N2O2S. The largest absolute Gasteiger partial charge is 0.424 e. The van der Waals surface area contributed by atoms with Crippen LogP contribution in [0.1, 0.15) is 43.3 Å². The number of hydrogen-bond acceptors (Lipinski definition) is 4. The van der Waals surface area contributed by atoms with Gasteiger partial charge in [-0.2, -0.15) is 13.2 Å². The minimum Gasteiger partial charge on any atom is -0.374 e. The van der Waals surface area contributed by atoms with Crippen molar-refractivity contribution < 1.29 is 23.1 Å². The summed E-state index contributed by atoms with van der Waals surface area (Å²) in [6.45, 7) is 4.49. The first-order valence-electron chi connectivity index (χ1n) is 7.63. The molecule has 1 fully saturated rings. The van der Waals surface area contributed by atoms with Crippen molar-refractivity contribution in [3.05, 3.63) is 16.1 Å². The first-order chi connectivity index (χ1) is 10.6. The number of carbonyl (C=O) groups excluding carboxylic acids is 1. The van der Waals surface area contributed by atoms with Gasteiger partial charge in [-0.25, -0.2) is 4.98 Å². The molecule has 1 saturated heterocycles. The summed E-state index contributed by atoms with van der Waals surface area (Å²) in [6, 6.07) is 0. The number of rotatable bonds is 3. The maximum Gasteiger partial charge on any atom is 0.424 e. The molecule has 0 spiro atoms. The molecule has 130 valence electrons. The second kappa shape index (κ2) is 6.76. The van der Waals surface area contributed by atoms with Crippen LogP contribution in [0.3, 0.4) is 0 Å². The molecule has 0 unspecified atom stereocenters. The Kier molecular flexibility index (Phi) is 5.35. The maximum atomic E-state index is 13.4. The van der Waals surface area contributed by atoms with Crippen molar-refractivity contribution in [3.63, 3.8) is 0 Å². The first-order valence-corrected chi connectivity index (χ1v) is 8.51. The number of aryl methyl sites for hydroxylation is 1. The van der Waals surface area contributed by atoms with Crippen molar-refractivity contribution in [3.8, 4) is 0 Å². The summed E-state index contributed by atoms with van der Waals surface area (Å²) >= 11 is 0.725.